The highest BCUT2D eigenvalue weighted by atomic mass is 16.2. The Labute approximate surface area is 142 Å². The molecule has 0 spiro atoms. The number of hydrogen-bond donors (Lipinski definition) is 1. The smallest absolute Gasteiger partial charge is 0.227 e. The molecule has 0 bridgehead atoms. The predicted molar refractivity (Wildman–Crippen MR) is 94.5 cm³/mol. The molecule has 5 heteroatoms. The van der Waals surface area contributed by atoms with Crippen LogP contribution in [0.2, 0.25) is 0 Å². The summed E-state index contributed by atoms with van der Waals surface area (Å²) in [6.45, 7) is 5.13. The zero-order valence-electron chi connectivity index (χ0n) is 14.2. The SMILES string of the molecule is CC(C)C(=O)N1CCC(C(=O)Nc2cccc3cccnc23)CC1. The van der Waals surface area contributed by atoms with E-state index in [-0.39, 0.29) is 23.7 Å². The number of hydrogen-bond acceptors (Lipinski definition) is 3. The lowest BCUT2D eigenvalue weighted by Gasteiger charge is -2.32. The fourth-order valence-corrected chi connectivity index (χ4v) is 3.17. The van der Waals surface area contributed by atoms with Gasteiger partial charge in [-0.1, -0.05) is 32.0 Å². The molecular formula is C19H23N3O2. The van der Waals surface area contributed by atoms with Crippen LogP contribution in [0.25, 0.3) is 10.9 Å². The van der Waals surface area contributed by atoms with E-state index in [0.717, 1.165) is 16.6 Å². The molecule has 1 fully saturated rings. The van der Waals surface area contributed by atoms with E-state index in [9.17, 15) is 9.59 Å². The van der Waals surface area contributed by atoms with Gasteiger partial charge in [0.1, 0.15) is 0 Å². The number of para-hydroxylation sites is 1. The monoisotopic (exact) mass is 325 g/mol. The second-order valence-electron chi connectivity index (χ2n) is 6.62. The third kappa shape index (κ3) is 3.40. The van der Waals surface area contributed by atoms with Crippen LogP contribution in [0.1, 0.15) is 26.7 Å². The van der Waals surface area contributed by atoms with Crippen molar-refractivity contribution in [1.82, 2.24) is 9.88 Å². The Balaban J connectivity index is 1.65. The number of aromatic nitrogens is 1. The van der Waals surface area contributed by atoms with Crippen LogP contribution in [0.15, 0.2) is 36.5 Å². The van der Waals surface area contributed by atoms with Crippen molar-refractivity contribution in [2.24, 2.45) is 11.8 Å². The van der Waals surface area contributed by atoms with Gasteiger partial charge in [-0.2, -0.15) is 0 Å². The Morgan fingerprint density at radius 3 is 2.58 bits per heavy atom. The van der Waals surface area contributed by atoms with Crippen molar-refractivity contribution in [2.75, 3.05) is 18.4 Å². The summed E-state index contributed by atoms with van der Waals surface area (Å²) in [5.74, 6) is 0.147. The molecule has 2 heterocycles. The summed E-state index contributed by atoms with van der Waals surface area (Å²) in [7, 11) is 0. The molecule has 1 aromatic carbocycles. The number of amides is 2. The number of rotatable bonds is 3. The first-order valence-corrected chi connectivity index (χ1v) is 8.49. The molecule has 0 unspecified atom stereocenters. The standard InChI is InChI=1S/C19H23N3O2/c1-13(2)19(24)22-11-8-15(9-12-22)18(23)21-16-7-3-5-14-6-4-10-20-17(14)16/h3-7,10,13,15H,8-9,11-12H2,1-2H3,(H,21,23). The van der Waals surface area contributed by atoms with Gasteiger partial charge in [-0.05, 0) is 25.0 Å². The molecule has 2 aromatic rings. The van der Waals surface area contributed by atoms with Gasteiger partial charge in [0.2, 0.25) is 11.8 Å². The van der Waals surface area contributed by atoms with Gasteiger partial charge in [-0.3, -0.25) is 14.6 Å². The van der Waals surface area contributed by atoms with Crippen LogP contribution < -0.4 is 5.32 Å². The molecule has 24 heavy (non-hydrogen) atoms. The summed E-state index contributed by atoms with van der Waals surface area (Å²) >= 11 is 0. The molecule has 1 aromatic heterocycles. The van der Waals surface area contributed by atoms with Crippen LogP contribution in [0.3, 0.4) is 0 Å². The largest absolute Gasteiger partial charge is 0.342 e. The number of fused-ring (bicyclic) bond motifs is 1. The lowest BCUT2D eigenvalue weighted by atomic mass is 9.95. The predicted octanol–water partition coefficient (Wildman–Crippen LogP) is 3.07. The highest BCUT2D eigenvalue weighted by molar-refractivity contribution is 6.01. The average Bonchev–Trinajstić information content (AvgIpc) is 2.61. The van der Waals surface area contributed by atoms with Crippen molar-refractivity contribution in [3.63, 3.8) is 0 Å². The van der Waals surface area contributed by atoms with E-state index >= 15 is 0 Å². The number of carbonyl (C=O) groups is 2. The topological polar surface area (TPSA) is 62.3 Å². The zero-order valence-corrected chi connectivity index (χ0v) is 14.2. The molecule has 0 radical (unpaired) electrons. The van der Waals surface area contributed by atoms with Gasteiger partial charge in [0.05, 0.1) is 11.2 Å². The number of likely N-dealkylation sites (tertiary alicyclic amines) is 1. The molecule has 0 atom stereocenters. The minimum atomic E-state index is -0.0554. The normalized spacial score (nSPS) is 15.7. The number of nitrogens with zero attached hydrogens (tertiary/aromatic N) is 2. The van der Waals surface area contributed by atoms with E-state index in [1.165, 1.54) is 0 Å². The van der Waals surface area contributed by atoms with Crippen molar-refractivity contribution >= 4 is 28.4 Å². The van der Waals surface area contributed by atoms with Crippen LogP contribution in [0.5, 0.6) is 0 Å². The highest BCUT2D eigenvalue weighted by Crippen LogP contribution is 2.24. The van der Waals surface area contributed by atoms with Gasteiger partial charge < -0.3 is 10.2 Å². The second kappa shape index (κ2) is 6.99. The van der Waals surface area contributed by atoms with Crippen molar-refractivity contribution in [2.45, 2.75) is 26.7 Å². The van der Waals surface area contributed by atoms with Crippen molar-refractivity contribution in [1.29, 1.82) is 0 Å². The lowest BCUT2D eigenvalue weighted by Crippen LogP contribution is -2.43. The van der Waals surface area contributed by atoms with E-state index < -0.39 is 0 Å². The van der Waals surface area contributed by atoms with Crippen molar-refractivity contribution in [3.8, 4) is 0 Å². The summed E-state index contributed by atoms with van der Waals surface area (Å²) in [5, 5.41) is 4.02. The number of pyridine rings is 1. The maximum absolute atomic E-state index is 12.6. The van der Waals surface area contributed by atoms with Gasteiger partial charge in [-0.25, -0.2) is 0 Å². The Morgan fingerprint density at radius 1 is 1.17 bits per heavy atom. The number of piperidine rings is 1. The van der Waals surface area contributed by atoms with E-state index in [1.54, 1.807) is 6.20 Å². The Hall–Kier alpha value is -2.43. The van der Waals surface area contributed by atoms with E-state index in [4.69, 9.17) is 0 Å². The van der Waals surface area contributed by atoms with E-state index in [0.29, 0.717) is 25.9 Å². The summed E-state index contributed by atoms with van der Waals surface area (Å²) in [6.07, 6.45) is 3.15. The fourth-order valence-electron chi connectivity index (χ4n) is 3.17. The summed E-state index contributed by atoms with van der Waals surface area (Å²) in [6, 6.07) is 9.64. The van der Waals surface area contributed by atoms with Crippen LogP contribution in [0.4, 0.5) is 5.69 Å². The molecule has 2 amide bonds. The minimum Gasteiger partial charge on any atom is -0.342 e. The molecule has 0 saturated carbocycles. The van der Waals surface area contributed by atoms with Gasteiger partial charge in [-0.15, -0.1) is 0 Å². The fraction of sp³-hybridized carbons (Fsp3) is 0.421. The number of benzene rings is 1. The minimum absolute atomic E-state index is 0.0112. The van der Waals surface area contributed by atoms with E-state index in [2.05, 4.69) is 10.3 Å². The summed E-state index contributed by atoms with van der Waals surface area (Å²) in [5.41, 5.74) is 1.56. The molecule has 1 saturated heterocycles. The van der Waals surface area contributed by atoms with Gasteiger partial charge in [0.15, 0.2) is 0 Å². The van der Waals surface area contributed by atoms with Gasteiger partial charge in [0, 0.05) is 36.5 Å². The van der Waals surface area contributed by atoms with E-state index in [1.807, 2.05) is 49.1 Å². The maximum atomic E-state index is 12.6. The molecule has 126 valence electrons. The Morgan fingerprint density at radius 2 is 1.88 bits per heavy atom. The van der Waals surface area contributed by atoms with Gasteiger partial charge in [0.25, 0.3) is 0 Å². The van der Waals surface area contributed by atoms with Crippen LogP contribution >= 0.6 is 0 Å². The molecule has 1 aliphatic rings. The number of nitrogens with one attached hydrogen (secondary N) is 1. The molecule has 1 aliphatic heterocycles. The zero-order chi connectivity index (χ0) is 17.1. The lowest BCUT2D eigenvalue weighted by molar-refractivity contribution is -0.137. The van der Waals surface area contributed by atoms with Crippen LogP contribution in [-0.2, 0) is 9.59 Å². The van der Waals surface area contributed by atoms with Crippen LogP contribution in [-0.4, -0.2) is 34.8 Å². The molecular weight excluding hydrogens is 302 g/mol. The first-order valence-electron chi connectivity index (χ1n) is 8.49. The molecule has 3 rings (SSSR count). The molecule has 0 aliphatic carbocycles. The summed E-state index contributed by atoms with van der Waals surface area (Å²) in [4.78, 5) is 30.8. The second-order valence-corrected chi connectivity index (χ2v) is 6.62. The van der Waals surface area contributed by atoms with Crippen molar-refractivity contribution in [3.05, 3.63) is 36.5 Å². The highest BCUT2D eigenvalue weighted by Gasteiger charge is 2.28. The first-order chi connectivity index (χ1) is 11.6. The Bertz CT molecular complexity index is 744. The quantitative estimate of drug-likeness (QED) is 0.943. The molecule has 1 N–H and O–H groups in total. The Kier molecular flexibility index (Phi) is 4.79. The number of anilines is 1. The maximum Gasteiger partial charge on any atom is 0.227 e. The third-order valence-electron chi connectivity index (χ3n) is 4.56. The first kappa shape index (κ1) is 16.4. The van der Waals surface area contributed by atoms with Gasteiger partial charge >= 0.3 is 0 Å². The molecule has 5 nitrogen and oxygen atoms in total. The third-order valence-corrected chi connectivity index (χ3v) is 4.56. The number of carbonyl (C=O) groups excluding carboxylic acids is 2. The summed E-state index contributed by atoms with van der Waals surface area (Å²) < 4.78 is 0. The van der Waals surface area contributed by atoms with Crippen molar-refractivity contribution < 1.29 is 9.59 Å². The average molecular weight is 325 g/mol. The van der Waals surface area contributed by atoms with Crippen LogP contribution in [0, 0.1) is 11.8 Å².